The maximum absolute atomic E-state index is 15.7. The van der Waals surface area contributed by atoms with Crippen molar-refractivity contribution in [3.05, 3.63) is 48.0 Å². The van der Waals surface area contributed by atoms with Crippen LogP contribution in [0.2, 0.25) is 0 Å². The van der Waals surface area contributed by atoms with E-state index in [4.69, 9.17) is 5.73 Å². The molecule has 2 aromatic heterocycles. The lowest BCUT2D eigenvalue weighted by Crippen LogP contribution is -2.49. The van der Waals surface area contributed by atoms with Gasteiger partial charge in [-0.15, -0.1) is 10.2 Å². The predicted octanol–water partition coefficient (Wildman–Crippen LogP) is 1.84. The molecule has 5 saturated heterocycles. The van der Waals surface area contributed by atoms with Gasteiger partial charge in [-0.25, -0.2) is 14.2 Å². The number of carbonyl (C=O) groups excluding carboxylic acids is 4. The minimum Gasteiger partial charge on any atom is -0.372 e. The van der Waals surface area contributed by atoms with Crippen molar-refractivity contribution >= 4 is 58.4 Å². The van der Waals surface area contributed by atoms with Crippen molar-refractivity contribution in [3.63, 3.8) is 0 Å². The molecule has 308 valence electrons. The average Bonchev–Trinajstić information content (AvgIpc) is 3.57. The zero-order valence-corrected chi connectivity index (χ0v) is 32.8. The Morgan fingerprint density at radius 2 is 1.69 bits per heavy atom. The molecule has 5 fully saturated rings. The molecule has 1 aromatic carbocycles. The van der Waals surface area contributed by atoms with Crippen molar-refractivity contribution in [1.29, 1.82) is 0 Å². The molecule has 0 radical (unpaired) electrons. The van der Waals surface area contributed by atoms with Crippen LogP contribution in [0.3, 0.4) is 0 Å². The van der Waals surface area contributed by atoms with Crippen LogP contribution >= 0.6 is 0 Å². The summed E-state index contributed by atoms with van der Waals surface area (Å²) in [5.41, 5.74) is 7.15. The van der Waals surface area contributed by atoms with E-state index in [9.17, 15) is 19.2 Å². The molecule has 8 rings (SSSR count). The molecule has 3 aromatic rings. The number of nitrogens with zero attached hydrogens (tertiary/aromatic N) is 10. The number of imide groups is 1. The standard InChI is InChI=1S/C39H51FN14O4/c1-49-15-20-54(39(49)58)28-3-2-12-53(24-28)38-46-36(34(35(41)56)47-48-38)44-26-4-7-31(29(40)21-26)51-18-16-50(17-19-51)23-25-10-13-52(14-11-25)32-8-5-27(22-42-32)43-30-6-9-33(55)45-37(30)57/h4-5,7-8,21-22,25,28,30,43H,2-3,6,9-20,23-24H2,1H3,(H2,41,56)(H,44,46,48)(H,45,55,57). The summed E-state index contributed by atoms with van der Waals surface area (Å²) < 4.78 is 15.7. The number of amides is 5. The highest BCUT2D eigenvalue weighted by Gasteiger charge is 2.35. The van der Waals surface area contributed by atoms with Gasteiger partial charge in [0, 0.05) is 91.1 Å². The van der Waals surface area contributed by atoms with E-state index < -0.39 is 11.9 Å². The molecule has 0 saturated carbocycles. The second kappa shape index (κ2) is 16.9. The number of nitrogens with one attached hydrogen (secondary N) is 3. The van der Waals surface area contributed by atoms with E-state index in [-0.39, 0.29) is 41.2 Å². The number of primary amides is 1. The molecule has 0 aliphatic carbocycles. The topological polar surface area (TPSA) is 201 Å². The average molecular weight is 799 g/mol. The highest BCUT2D eigenvalue weighted by molar-refractivity contribution is 6.01. The maximum Gasteiger partial charge on any atom is 0.320 e. The van der Waals surface area contributed by atoms with E-state index in [0.717, 1.165) is 69.9 Å². The summed E-state index contributed by atoms with van der Waals surface area (Å²) in [6.45, 7) is 8.46. The number of aromatic nitrogens is 4. The Hall–Kier alpha value is -5.85. The van der Waals surface area contributed by atoms with Crippen LogP contribution in [0.15, 0.2) is 36.5 Å². The van der Waals surface area contributed by atoms with Crippen LogP contribution in [0, 0.1) is 11.7 Å². The molecule has 5 aliphatic rings. The fourth-order valence-electron chi connectivity index (χ4n) is 8.65. The summed E-state index contributed by atoms with van der Waals surface area (Å²) in [5.74, 6) is 0.145. The molecule has 2 unspecified atom stereocenters. The number of pyridine rings is 1. The molecule has 0 spiro atoms. The normalized spacial score (nSPS) is 22.4. The lowest BCUT2D eigenvalue weighted by atomic mass is 9.96. The Labute approximate surface area is 336 Å². The van der Waals surface area contributed by atoms with E-state index in [1.807, 2.05) is 21.9 Å². The number of piperidine rings is 3. The minimum atomic E-state index is -0.804. The third-order valence-electron chi connectivity index (χ3n) is 12.0. The Balaban J connectivity index is 0.812. The largest absolute Gasteiger partial charge is 0.372 e. The summed E-state index contributed by atoms with van der Waals surface area (Å²) in [6, 6.07) is 8.39. The van der Waals surface area contributed by atoms with Gasteiger partial charge in [0.05, 0.1) is 23.6 Å². The van der Waals surface area contributed by atoms with Gasteiger partial charge in [-0.2, -0.15) is 4.98 Å². The number of nitrogens with two attached hydrogens (primary N) is 1. The summed E-state index contributed by atoms with van der Waals surface area (Å²) in [6.07, 6.45) is 6.36. The van der Waals surface area contributed by atoms with Crippen LogP contribution < -0.4 is 36.4 Å². The molecule has 19 heteroatoms. The summed E-state index contributed by atoms with van der Waals surface area (Å²) in [4.78, 5) is 70.1. The van der Waals surface area contributed by atoms with Crippen molar-refractivity contribution in [2.24, 2.45) is 11.7 Å². The third-order valence-corrected chi connectivity index (χ3v) is 12.0. The maximum atomic E-state index is 15.7. The van der Waals surface area contributed by atoms with Crippen LogP contribution in [0.4, 0.5) is 43.8 Å². The van der Waals surface area contributed by atoms with Crippen LogP contribution in [-0.2, 0) is 9.59 Å². The molecule has 18 nitrogen and oxygen atoms in total. The van der Waals surface area contributed by atoms with Crippen LogP contribution in [0.25, 0.3) is 0 Å². The molecule has 5 amide bonds. The Kier molecular flexibility index (Phi) is 11.4. The molecule has 58 heavy (non-hydrogen) atoms. The molecular formula is C39H51FN14O4. The van der Waals surface area contributed by atoms with E-state index in [2.05, 4.69) is 50.8 Å². The van der Waals surface area contributed by atoms with Crippen LogP contribution in [0.1, 0.15) is 49.0 Å². The first-order valence-corrected chi connectivity index (χ1v) is 20.2. The first-order valence-electron chi connectivity index (χ1n) is 20.2. The number of urea groups is 1. The molecule has 0 bridgehead atoms. The number of likely N-dealkylation sites (N-methyl/N-ethyl adjacent to an activating group) is 1. The Bertz CT molecular complexity index is 2010. The van der Waals surface area contributed by atoms with Gasteiger partial charge in [0.1, 0.15) is 17.7 Å². The second-order valence-electron chi connectivity index (χ2n) is 15.9. The van der Waals surface area contributed by atoms with E-state index in [0.29, 0.717) is 75.4 Å². The van der Waals surface area contributed by atoms with Crippen molar-refractivity contribution in [2.75, 3.05) is 104 Å². The minimum absolute atomic E-state index is 0.0115. The zero-order chi connectivity index (χ0) is 40.3. The highest BCUT2D eigenvalue weighted by atomic mass is 19.1. The van der Waals surface area contributed by atoms with Crippen molar-refractivity contribution in [1.82, 2.24) is 40.2 Å². The second-order valence-corrected chi connectivity index (χ2v) is 15.9. The number of carbonyl (C=O) groups is 4. The monoisotopic (exact) mass is 798 g/mol. The number of anilines is 6. The summed E-state index contributed by atoms with van der Waals surface area (Å²) >= 11 is 0. The number of piperazine rings is 1. The van der Waals surface area contributed by atoms with E-state index >= 15 is 4.39 Å². The lowest BCUT2D eigenvalue weighted by Gasteiger charge is -2.40. The van der Waals surface area contributed by atoms with Gasteiger partial charge in [-0.3, -0.25) is 24.6 Å². The van der Waals surface area contributed by atoms with E-state index in [1.54, 1.807) is 30.3 Å². The molecule has 2 atom stereocenters. The molecular weight excluding hydrogens is 748 g/mol. The smallest absolute Gasteiger partial charge is 0.320 e. The van der Waals surface area contributed by atoms with Crippen molar-refractivity contribution in [2.45, 2.75) is 50.6 Å². The molecule has 5 aliphatic heterocycles. The number of benzene rings is 1. The van der Waals surface area contributed by atoms with Gasteiger partial charge < -0.3 is 40.9 Å². The van der Waals surface area contributed by atoms with Crippen molar-refractivity contribution in [3.8, 4) is 0 Å². The van der Waals surface area contributed by atoms with Gasteiger partial charge in [0.25, 0.3) is 5.91 Å². The van der Waals surface area contributed by atoms with Gasteiger partial charge in [0.15, 0.2) is 11.5 Å². The Morgan fingerprint density at radius 1 is 0.897 bits per heavy atom. The van der Waals surface area contributed by atoms with Gasteiger partial charge in [-0.05, 0) is 68.4 Å². The quantitative estimate of drug-likeness (QED) is 0.205. The number of hydrogen-bond acceptors (Lipinski definition) is 14. The first-order chi connectivity index (χ1) is 28.1. The number of rotatable bonds is 11. The van der Waals surface area contributed by atoms with Gasteiger partial charge in [0.2, 0.25) is 17.8 Å². The molecule has 7 heterocycles. The summed E-state index contributed by atoms with van der Waals surface area (Å²) in [5, 5.41) is 16.9. The van der Waals surface area contributed by atoms with Gasteiger partial charge in [-0.1, -0.05) is 0 Å². The number of hydrogen-bond donors (Lipinski definition) is 4. The van der Waals surface area contributed by atoms with Crippen molar-refractivity contribution < 1.29 is 23.6 Å². The van der Waals surface area contributed by atoms with Crippen LogP contribution in [-0.4, -0.2) is 150 Å². The van der Waals surface area contributed by atoms with E-state index in [1.165, 1.54) is 6.07 Å². The zero-order valence-electron chi connectivity index (χ0n) is 32.8. The third kappa shape index (κ3) is 8.68. The Morgan fingerprint density at radius 3 is 2.38 bits per heavy atom. The highest BCUT2D eigenvalue weighted by Crippen LogP contribution is 2.30. The fraction of sp³-hybridized carbons (Fsp3) is 0.538. The predicted molar refractivity (Wildman–Crippen MR) is 216 cm³/mol. The first kappa shape index (κ1) is 39.0. The van der Waals surface area contributed by atoms with Crippen LogP contribution in [0.5, 0.6) is 0 Å². The molecule has 5 N–H and O–H groups in total. The number of halogens is 1. The van der Waals surface area contributed by atoms with Gasteiger partial charge >= 0.3 is 6.03 Å². The fourth-order valence-corrected chi connectivity index (χ4v) is 8.65. The SMILES string of the molecule is CN1CCN(C2CCCN(c3nnc(C(N)=O)c(Nc4ccc(N5CCN(CC6CCN(c7ccc(NC8CCC(=O)NC8=O)cn7)CC6)CC5)c(F)c4)n3)C2)C1=O. The lowest BCUT2D eigenvalue weighted by molar-refractivity contribution is -0.133. The summed E-state index contributed by atoms with van der Waals surface area (Å²) in [7, 11) is 1.80.